The molecule has 1 aliphatic heterocycles. The van der Waals surface area contributed by atoms with Gasteiger partial charge in [0.25, 0.3) is 0 Å². The third kappa shape index (κ3) is 3.55. The van der Waals surface area contributed by atoms with Gasteiger partial charge in [-0.05, 0) is 28.0 Å². The highest BCUT2D eigenvalue weighted by Crippen LogP contribution is 2.22. The first-order valence-electron chi connectivity index (χ1n) is 7.34. The van der Waals surface area contributed by atoms with E-state index in [1.54, 1.807) is 6.08 Å². The van der Waals surface area contributed by atoms with Crippen molar-refractivity contribution in [1.82, 2.24) is 5.32 Å². The molecule has 1 aliphatic rings. The molecule has 0 aromatic heterocycles. The summed E-state index contributed by atoms with van der Waals surface area (Å²) in [5.74, 6) is -0.855. The first kappa shape index (κ1) is 17.2. The first-order valence-corrected chi connectivity index (χ1v) is 8.84. The highest BCUT2D eigenvalue weighted by atomic mass is 32.2. The van der Waals surface area contributed by atoms with Gasteiger partial charge in [-0.2, -0.15) is 8.42 Å². The molecule has 0 saturated carbocycles. The number of rotatable bonds is 4. The molecule has 0 bridgehead atoms. The second-order valence-corrected chi connectivity index (χ2v) is 6.95. The molecule has 0 saturated heterocycles. The Labute approximate surface area is 143 Å². The topological polar surface area (TPSA) is 113 Å². The molecule has 0 amide bonds. The lowest BCUT2D eigenvalue weighted by Gasteiger charge is -2.24. The molecular weight excluding hydrogens is 344 g/mol. The fourth-order valence-corrected chi connectivity index (χ4v) is 3.19. The van der Waals surface area contributed by atoms with Crippen molar-refractivity contribution in [2.45, 2.75) is 11.5 Å². The van der Waals surface area contributed by atoms with Crippen LogP contribution in [0.1, 0.15) is 5.56 Å². The maximum atomic E-state index is 11.9. The lowest BCUT2D eigenvalue weighted by atomic mass is 9.97. The Morgan fingerprint density at radius 3 is 2.60 bits per heavy atom. The van der Waals surface area contributed by atoms with E-state index in [0.29, 0.717) is 5.57 Å². The van der Waals surface area contributed by atoms with Crippen LogP contribution in [-0.4, -0.2) is 42.8 Å². The summed E-state index contributed by atoms with van der Waals surface area (Å²) < 4.78 is 31.6. The largest absolute Gasteiger partial charge is 0.302 e. The van der Waals surface area contributed by atoms with E-state index < -0.39 is 27.4 Å². The molecule has 7 nitrogen and oxygen atoms in total. The number of nitrogens with one attached hydrogen (secondary N) is 1. The van der Waals surface area contributed by atoms with Gasteiger partial charge in [-0.25, -0.2) is 0 Å². The Morgan fingerprint density at radius 1 is 1.16 bits per heavy atom. The zero-order valence-electron chi connectivity index (χ0n) is 12.9. The molecule has 8 heteroatoms. The standard InChI is InChI=1S/C17H14N2O5S/c20-10-15(21)16-13(9-18-17(19-16)25(22,23)24)8-12-6-3-5-11-4-1-2-7-14(11)12/h1-10,16-17,19H,(H,22,23,24). The molecule has 2 unspecified atom stereocenters. The summed E-state index contributed by atoms with van der Waals surface area (Å²) in [6.07, 6.45) is 2.95. The molecule has 0 aliphatic carbocycles. The number of benzene rings is 2. The number of aliphatic imine (C=N–C) groups is 1. The number of hydrogen-bond donors (Lipinski definition) is 2. The fourth-order valence-electron chi connectivity index (χ4n) is 2.66. The normalized spacial score (nSPS) is 22.2. The van der Waals surface area contributed by atoms with Gasteiger partial charge in [-0.3, -0.25) is 24.5 Å². The fraction of sp³-hybridized carbons (Fsp3) is 0.118. The summed E-state index contributed by atoms with van der Waals surface area (Å²) >= 11 is 0. The Balaban J connectivity index is 2.10. The Kier molecular flexibility index (Phi) is 4.58. The molecule has 0 fully saturated rings. The van der Waals surface area contributed by atoms with Gasteiger partial charge in [0.2, 0.25) is 11.3 Å². The van der Waals surface area contributed by atoms with Crippen molar-refractivity contribution in [1.29, 1.82) is 0 Å². The zero-order chi connectivity index (χ0) is 18.0. The van der Waals surface area contributed by atoms with Crippen molar-refractivity contribution in [2.75, 3.05) is 0 Å². The molecule has 1 heterocycles. The van der Waals surface area contributed by atoms with E-state index in [9.17, 15) is 18.0 Å². The van der Waals surface area contributed by atoms with Gasteiger partial charge in [0.1, 0.15) is 6.04 Å². The van der Waals surface area contributed by atoms with Crippen LogP contribution < -0.4 is 5.32 Å². The molecule has 2 N–H and O–H groups in total. The predicted molar refractivity (Wildman–Crippen MR) is 93.7 cm³/mol. The van der Waals surface area contributed by atoms with E-state index >= 15 is 0 Å². The van der Waals surface area contributed by atoms with Crippen molar-refractivity contribution in [3.8, 4) is 0 Å². The van der Waals surface area contributed by atoms with Crippen LogP contribution in [0.3, 0.4) is 0 Å². The second kappa shape index (κ2) is 6.67. The van der Waals surface area contributed by atoms with Crippen LogP contribution in [0.4, 0.5) is 0 Å². The van der Waals surface area contributed by atoms with Gasteiger partial charge in [-0.15, -0.1) is 0 Å². The van der Waals surface area contributed by atoms with Gasteiger partial charge >= 0.3 is 10.1 Å². The molecule has 0 radical (unpaired) electrons. The Morgan fingerprint density at radius 2 is 1.88 bits per heavy atom. The number of fused-ring (bicyclic) bond motifs is 1. The van der Waals surface area contributed by atoms with E-state index in [1.807, 2.05) is 42.5 Å². The molecule has 2 aromatic rings. The average Bonchev–Trinajstić information content (AvgIpc) is 2.61. The zero-order valence-corrected chi connectivity index (χ0v) is 13.7. The summed E-state index contributed by atoms with van der Waals surface area (Å²) in [6.45, 7) is 0. The van der Waals surface area contributed by atoms with Crippen LogP contribution in [0.15, 0.2) is 53.0 Å². The van der Waals surface area contributed by atoms with Crippen molar-refractivity contribution < 1.29 is 22.6 Å². The SMILES string of the molecule is O=CC(=O)C1NC(S(=O)(=O)O)N=CC1=Cc1cccc2ccccc12. The van der Waals surface area contributed by atoms with E-state index in [4.69, 9.17) is 4.55 Å². The molecular formula is C17H14N2O5S. The van der Waals surface area contributed by atoms with Crippen molar-refractivity contribution >= 4 is 45.3 Å². The van der Waals surface area contributed by atoms with Gasteiger partial charge < -0.3 is 0 Å². The summed E-state index contributed by atoms with van der Waals surface area (Å²) in [5.41, 5.74) is -0.574. The van der Waals surface area contributed by atoms with Crippen LogP contribution in [0.2, 0.25) is 0 Å². The van der Waals surface area contributed by atoms with Gasteiger partial charge in [0.15, 0.2) is 6.29 Å². The number of hydrogen-bond acceptors (Lipinski definition) is 6. The smallest absolute Gasteiger partial charge is 0.295 e. The van der Waals surface area contributed by atoms with Crippen molar-refractivity contribution in [3.63, 3.8) is 0 Å². The number of ketones is 1. The number of carbonyl (C=O) groups excluding carboxylic acids is 2. The highest BCUT2D eigenvalue weighted by Gasteiger charge is 2.33. The van der Waals surface area contributed by atoms with Gasteiger partial charge in [-0.1, -0.05) is 42.5 Å². The Bertz CT molecular complexity index is 1010. The highest BCUT2D eigenvalue weighted by molar-refractivity contribution is 7.86. The average molecular weight is 358 g/mol. The van der Waals surface area contributed by atoms with Gasteiger partial charge in [0, 0.05) is 6.21 Å². The summed E-state index contributed by atoms with van der Waals surface area (Å²) in [6, 6.07) is 12.0. The first-order chi connectivity index (χ1) is 11.9. The maximum Gasteiger partial charge on any atom is 0.302 e. The quantitative estimate of drug-likeness (QED) is 0.482. The summed E-state index contributed by atoms with van der Waals surface area (Å²) in [4.78, 5) is 26.5. The van der Waals surface area contributed by atoms with E-state index in [0.717, 1.165) is 16.3 Å². The molecule has 3 rings (SSSR count). The monoisotopic (exact) mass is 358 g/mol. The van der Waals surface area contributed by atoms with Crippen molar-refractivity contribution in [3.05, 3.63) is 53.6 Å². The third-order valence-corrected chi connectivity index (χ3v) is 4.65. The number of aldehydes is 1. The van der Waals surface area contributed by atoms with Crippen LogP contribution >= 0.6 is 0 Å². The predicted octanol–water partition coefficient (Wildman–Crippen LogP) is 1.21. The molecule has 2 atom stereocenters. The van der Waals surface area contributed by atoms with E-state index in [1.165, 1.54) is 6.21 Å². The third-order valence-electron chi connectivity index (χ3n) is 3.83. The summed E-state index contributed by atoms with van der Waals surface area (Å²) in [5, 5.41) is 4.30. The van der Waals surface area contributed by atoms with Gasteiger partial charge in [0.05, 0.1) is 0 Å². The Hall–Kier alpha value is -2.68. The lowest BCUT2D eigenvalue weighted by molar-refractivity contribution is -0.130. The van der Waals surface area contributed by atoms with Crippen LogP contribution in [0.5, 0.6) is 0 Å². The minimum atomic E-state index is -4.54. The number of Topliss-reactive ketones (excluding diaryl/α,β-unsaturated/α-hetero) is 1. The lowest BCUT2D eigenvalue weighted by Crippen LogP contribution is -2.50. The van der Waals surface area contributed by atoms with Crippen LogP contribution in [0.25, 0.3) is 16.8 Å². The van der Waals surface area contributed by atoms with E-state index in [2.05, 4.69) is 10.3 Å². The van der Waals surface area contributed by atoms with E-state index in [-0.39, 0.29) is 6.29 Å². The molecule has 2 aromatic carbocycles. The minimum absolute atomic E-state index is 0.106. The molecule has 25 heavy (non-hydrogen) atoms. The summed E-state index contributed by atoms with van der Waals surface area (Å²) in [7, 11) is -4.54. The second-order valence-electron chi connectivity index (χ2n) is 5.48. The van der Waals surface area contributed by atoms with Crippen LogP contribution in [0, 0.1) is 0 Å². The molecule has 0 spiro atoms. The van der Waals surface area contributed by atoms with Crippen LogP contribution in [-0.2, 0) is 19.7 Å². The minimum Gasteiger partial charge on any atom is -0.295 e. The molecule has 128 valence electrons. The maximum absolute atomic E-state index is 11.9. The number of carbonyl (C=O) groups is 2. The van der Waals surface area contributed by atoms with Crippen molar-refractivity contribution in [2.24, 2.45) is 4.99 Å². The number of nitrogens with zero attached hydrogens (tertiary/aromatic N) is 1.